The van der Waals surface area contributed by atoms with Crippen LogP contribution >= 0.6 is 0 Å². The van der Waals surface area contributed by atoms with E-state index in [1.807, 2.05) is 30.3 Å². The molecular weight excluding hydrogens is 178 g/mol. The van der Waals surface area contributed by atoms with E-state index in [0.717, 1.165) is 5.69 Å². The Balaban J connectivity index is 2.39. The van der Waals surface area contributed by atoms with Gasteiger partial charge < -0.3 is 0 Å². The fourth-order valence-corrected chi connectivity index (χ4v) is 1.13. The van der Waals surface area contributed by atoms with E-state index in [9.17, 15) is 4.79 Å². The van der Waals surface area contributed by atoms with Gasteiger partial charge in [-0.25, -0.2) is 9.67 Å². The Morgan fingerprint density at radius 1 is 1.29 bits per heavy atom. The molecule has 0 aliphatic carbocycles. The van der Waals surface area contributed by atoms with Gasteiger partial charge in [-0.1, -0.05) is 18.2 Å². The van der Waals surface area contributed by atoms with E-state index >= 15 is 0 Å². The second kappa shape index (κ2) is 3.41. The van der Waals surface area contributed by atoms with Crippen molar-refractivity contribution in [3.63, 3.8) is 0 Å². The van der Waals surface area contributed by atoms with E-state index in [-0.39, 0.29) is 11.6 Å². The molecule has 0 aliphatic heterocycles. The highest BCUT2D eigenvalue weighted by Crippen LogP contribution is 2.04. The summed E-state index contributed by atoms with van der Waals surface area (Å²) in [6.45, 7) is 1.45. The first-order valence-corrected chi connectivity index (χ1v) is 4.25. The van der Waals surface area contributed by atoms with Crippen molar-refractivity contribution in [2.24, 2.45) is 0 Å². The minimum absolute atomic E-state index is 0.125. The zero-order chi connectivity index (χ0) is 9.97. The summed E-state index contributed by atoms with van der Waals surface area (Å²) in [6.07, 6.45) is 1.53. The summed E-state index contributed by atoms with van der Waals surface area (Å²) in [7, 11) is 0. The number of hydrogen-bond donors (Lipinski definition) is 0. The summed E-state index contributed by atoms with van der Waals surface area (Å²) in [4.78, 5) is 14.8. The largest absolute Gasteiger partial charge is 0.291 e. The van der Waals surface area contributed by atoms with E-state index in [1.165, 1.54) is 13.3 Å². The molecule has 2 aromatic rings. The van der Waals surface area contributed by atoms with Crippen LogP contribution in [0.15, 0.2) is 36.7 Å². The first-order valence-electron chi connectivity index (χ1n) is 4.25. The second-order valence-corrected chi connectivity index (χ2v) is 2.90. The van der Waals surface area contributed by atoms with Gasteiger partial charge in [-0.15, -0.1) is 5.10 Å². The van der Waals surface area contributed by atoms with Crippen LogP contribution in [0.1, 0.15) is 17.5 Å². The topological polar surface area (TPSA) is 47.8 Å². The van der Waals surface area contributed by atoms with Crippen molar-refractivity contribution in [3.8, 4) is 5.69 Å². The minimum atomic E-state index is -0.125. The first-order chi connectivity index (χ1) is 6.77. The van der Waals surface area contributed by atoms with Crippen LogP contribution in [0.5, 0.6) is 0 Å². The quantitative estimate of drug-likeness (QED) is 0.669. The van der Waals surface area contributed by atoms with Crippen LogP contribution in [0.25, 0.3) is 5.69 Å². The van der Waals surface area contributed by atoms with Crippen molar-refractivity contribution < 1.29 is 4.79 Å². The SMILES string of the molecule is CC(=O)c1ncn(-c2ccccc2)n1. The fraction of sp³-hybridized carbons (Fsp3) is 0.100. The van der Waals surface area contributed by atoms with Crippen LogP contribution in [0.3, 0.4) is 0 Å². The van der Waals surface area contributed by atoms with Crippen LogP contribution in [-0.4, -0.2) is 20.5 Å². The molecule has 0 fully saturated rings. The molecule has 0 spiro atoms. The molecule has 0 atom stereocenters. The van der Waals surface area contributed by atoms with Crippen molar-refractivity contribution >= 4 is 5.78 Å². The van der Waals surface area contributed by atoms with E-state index < -0.39 is 0 Å². The third-order valence-electron chi connectivity index (χ3n) is 1.83. The zero-order valence-electron chi connectivity index (χ0n) is 7.71. The Morgan fingerprint density at radius 2 is 2.00 bits per heavy atom. The van der Waals surface area contributed by atoms with Gasteiger partial charge >= 0.3 is 0 Å². The molecule has 1 aromatic heterocycles. The van der Waals surface area contributed by atoms with Crippen molar-refractivity contribution in [2.45, 2.75) is 6.92 Å². The smallest absolute Gasteiger partial charge is 0.217 e. The first kappa shape index (κ1) is 8.62. The van der Waals surface area contributed by atoms with Gasteiger partial charge in [0.15, 0.2) is 5.78 Å². The maximum Gasteiger partial charge on any atom is 0.217 e. The molecule has 0 bridgehead atoms. The number of carbonyl (C=O) groups excluding carboxylic acids is 1. The number of hydrogen-bond acceptors (Lipinski definition) is 3. The molecule has 0 saturated heterocycles. The highest BCUT2D eigenvalue weighted by molar-refractivity contribution is 5.90. The summed E-state index contributed by atoms with van der Waals surface area (Å²) in [5.74, 6) is 0.119. The third-order valence-corrected chi connectivity index (χ3v) is 1.83. The summed E-state index contributed by atoms with van der Waals surface area (Å²) >= 11 is 0. The predicted molar refractivity (Wildman–Crippen MR) is 51.4 cm³/mol. The van der Waals surface area contributed by atoms with Gasteiger partial charge in [-0.3, -0.25) is 4.79 Å². The highest BCUT2D eigenvalue weighted by atomic mass is 16.1. The molecule has 0 saturated carbocycles. The van der Waals surface area contributed by atoms with Crippen LogP contribution in [-0.2, 0) is 0 Å². The Labute approximate surface area is 81.2 Å². The van der Waals surface area contributed by atoms with Crippen molar-refractivity contribution in [2.75, 3.05) is 0 Å². The number of ketones is 1. The normalized spacial score (nSPS) is 10.1. The number of carbonyl (C=O) groups is 1. The van der Waals surface area contributed by atoms with Gasteiger partial charge in [0, 0.05) is 6.92 Å². The lowest BCUT2D eigenvalue weighted by Crippen LogP contribution is -1.98. The standard InChI is InChI=1S/C10H9N3O/c1-8(14)10-11-7-13(12-10)9-5-3-2-4-6-9/h2-7H,1H3. The average Bonchev–Trinajstić information content (AvgIpc) is 2.68. The van der Waals surface area contributed by atoms with E-state index in [1.54, 1.807) is 4.68 Å². The van der Waals surface area contributed by atoms with E-state index in [0.29, 0.717) is 0 Å². The Kier molecular flexibility index (Phi) is 2.10. The molecule has 14 heavy (non-hydrogen) atoms. The maximum absolute atomic E-state index is 11.0. The molecule has 0 aliphatic rings. The zero-order valence-corrected chi connectivity index (χ0v) is 7.71. The number of aromatic nitrogens is 3. The third kappa shape index (κ3) is 1.54. The molecule has 4 heteroatoms. The van der Waals surface area contributed by atoms with Crippen LogP contribution in [0.4, 0.5) is 0 Å². The Morgan fingerprint density at radius 3 is 2.57 bits per heavy atom. The number of benzene rings is 1. The number of nitrogens with zero attached hydrogens (tertiary/aromatic N) is 3. The van der Waals surface area contributed by atoms with Crippen molar-refractivity contribution in [1.29, 1.82) is 0 Å². The van der Waals surface area contributed by atoms with Gasteiger partial charge in [0.2, 0.25) is 5.82 Å². The van der Waals surface area contributed by atoms with Crippen LogP contribution < -0.4 is 0 Å². The lowest BCUT2D eigenvalue weighted by molar-refractivity contribution is 0.100. The summed E-state index contributed by atoms with van der Waals surface area (Å²) in [5.41, 5.74) is 0.896. The molecule has 1 heterocycles. The lowest BCUT2D eigenvalue weighted by Gasteiger charge is -1.97. The Hall–Kier alpha value is -1.97. The molecular formula is C10H9N3O. The summed E-state index contributed by atoms with van der Waals surface area (Å²) < 4.78 is 1.58. The predicted octanol–water partition coefficient (Wildman–Crippen LogP) is 1.47. The second-order valence-electron chi connectivity index (χ2n) is 2.90. The van der Waals surface area contributed by atoms with Crippen molar-refractivity contribution in [3.05, 3.63) is 42.5 Å². The Bertz CT molecular complexity index is 447. The molecule has 2 rings (SSSR count). The number of rotatable bonds is 2. The van der Waals surface area contributed by atoms with Crippen molar-refractivity contribution in [1.82, 2.24) is 14.8 Å². The molecule has 1 aromatic carbocycles. The lowest BCUT2D eigenvalue weighted by atomic mass is 10.3. The van der Waals surface area contributed by atoms with Gasteiger partial charge in [-0.05, 0) is 12.1 Å². The fourth-order valence-electron chi connectivity index (χ4n) is 1.13. The monoisotopic (exact) mass is 187 g/mol. The van der Waals surface area contributed by atoms with Gasteiger partial charge in [-0.2, -0.15) is 0 Å². The summed E-state index contributed by atoms with van der Waals surface area (Å²) in [6, 6.07) is 9.54. The maximum atomic E-state index is 11.0. The van der Waals surface area contributed by atoms with Gasteiger partial charge in [0.25, 0.3) is 0 Å². The van der Waals surface area contributed by atoms with Gasteiger partial charge in [0.1, 0.15) is 6.33 Å². The molecule has 0 unspecified atom stereocenters. The minimum Gasteiger partial charge on any atom is -0.291 e. The van der Waals surface area contributed by atoms with E-state index in [4.69, 9.17) is 0 Å². The van der Waals surface area contributed by atoms with E-state index in [2.05, 4.69) is 10.1 Å². The molecule has 70 valence electrons. The molecule has 4 nitrogen and oxygen atoms in total. The molecule has 0 radical (unpaired) electrons. The molecule has 0 N–H and O–H groups in total. The van der Waals surface area contributed by atoms with Crippen LogP contribution in [0, 0.1) is 0 Å². The van der Waals surface area contributed by atoms with Gasteiger partial charge in [0.05, 0.1) is 5.69 Å². The summed E-state index contributed by atoms with van der Waals surface area (Å²) in [5, 5.41) is 4.04. The average molecular weight is 187 g/mol. The highest BCUT2D eigenvalue weighted by Gasteiger charge is 2.05. The molecule has 0 amide bonds. The number of Topliss-reactive ketones (excluding diaryl/α,β-unsaturated/α-hetero) is 1. The number of para-hydroxylation sites is 1. The van der Waals surface area contributed by atoms with Crippen LogP contribution in [0.2, 0.25) is 0 Å².